The van der Waals surface area contributed by atoms with Crippen molar-refractivity contribution in [3.05, 3.63) is 40.6 Å². The molecule has 0 radical (unpaired) electrons. The summed E-state index contributed by atoms with van der Waals surface area (Å²) >= 11 is 0. The number of hydrogen-bond acceptors (Lipinski definition) is 5. The maximum Gasteiger partial charge on any atom is 0.257 e. The van der Waals surface area contributed by atoms with Gasteiger partial charge in [-0.25, -0.2) is 13.2 Å². The van der Waals surface area contributed by atoms with Crippen molar-refractivity contribution in [1.29, 1.82) is 0 Å². The average Bonchev–Trinajstić information content (AvgIpc) is 3.21. The molecule has 38 heavy (non-hydrogen) atoms. The molecule has 3 aliphatic rings. The summed E-state index contributed by atoms with van der Waals surface area (Å²) in [6.07, 6.45) is 1.17. The summed E-state index contributed by atoms with van der Waals surface area (Å²) in [5.74, 6) is -3.56. The number of rotatable bonds is 7. The molecular formula is C29H39F3N4O2. The van der Waals surface area contributed by atoms with Gasteiger partial charge in [-0.1, -0.05) is 25.0 Å². The lowest BCUT2D eigenvalue weighted by Gasteiger charge is -2.37. The van der Waals surface area contributed by atoms with Crippen LogP contribution < -0.4 is 10.6 Å². The Balaban J connectivity index is 1.36. The van der Waals surface area contributed by atoms with E-state index in [4.69, 9.17) is 5.73 Å². The van der Waals surface area contributed by atoms with Crippen LogP contribution >= 0.6 is 0 Å². The van der Waals surface area contributed by atoms with Gasteiger partial charge < -0.3 is 15.5 Å². The first kappa shape index (κ1) is 28.2. The Morgan fingerprint density at radius 2 is 1.84 bits per heavy atom. The molecule has 1 unspecified atom stereocenters. The zero-order valence-corrected chi connectivity index (χ0v) is 22.4. The number of alkyl halides is 3. The van der Waals surface area contributed by atoms with Gasteiger partial charge in [0.25, 0.3) is 5.92 Å². The van der Waals surface area contributed by atoms with E-state index in [9.17, 15) is 22.8 Å². The minimum Gasteiger partial charge on any atom is -0.396 e. The fraction of sp³-hybridized carbons (Fsp3) is 0.621. The summed E-state index contributed by atoms with van der Waals surface area (Å²) < 4.78 is 42.3. The Labute approximate surface area is 223 Å². The number of aryl methyl sites for hydroxylation is 1. The molecule has 1 heterocycles. The van der Waals surface area contributed by atoms with Crippen molar-refractivity contribution < 1.29 is 22.8 Å². The van der Waals surface area contributed by atoms with E-state index in [1.807, 2.05) is 6.07 Å². The minimum atomic E-state index is -3.05. The lowest BCUT2D eigenvalue weighted by atomic mass is 9.84. The molecule has 1 aromatic carbocycles. The van der Waals surface area contributed by atoms with Gasteiger partial charge >= 0.3 is 0 Å². The predicted molar refractivity (Wildman–Crippen MR) is 144 cm³/mol. The van der Waals surface area contributed by atoms with Crippen LogP contribution in [0.3, 0.4) is 0 Å². The van der Waals surface area contributed by atoms with E-state index in [0.29, 0.717) is 45.4 Å². The molecule has 208 valence electrons. The van der Waals surface area contributed by atoms with Crippen molar-refractivity contribution in [2.24, 2.45) is 16.6 Å². The first-order valence-electron chi connectivity index (χ1n) is 13.7. The molecule has 2 N–H and O–H groups in total. The van der Waals surface area contributed by atoms with E-state index in [2.05, 4.69) is 35.9 Å². The lowest BCUT2D eigenvalue weighted by molar-refractivity contribution is -0.129. The Hall–Kier alpha value is -2.84. The Bertz CT molecular complexity index is 1110. The first-order valence-corrected chi connectivity index (χ1v) is 13.7. The largest absolute Gasteiger partial charge is 0.396 e. The van der Waals surface area contributed by atoms with E-state index in [1.54, 1.807) is 4.90 Å². The number of hydrogen-bond donors (Lipinski definition) is 1. The van der Waals surface area contributed by atoms with Crippen molar-refractivity contribution in [1.82, 2.24) is 4.90 Å². The number of ketones is 1. The highest BCUT2D eigenvalue weighted by molar-refractivity contribution is 6.10. The van der Waals surface area contributed by atoms with Crippen LogP contribution in [-0.2, 0) is 9.59 Å². The molecular weight excluding hydrogens is 493 g/mol. The van der Waals surface area contributed by atoms with Crippen molar-refractivity contribution in [3.63, 3.8) is 0 Å². The van der Waals surface area contributed by atoms with Crippen LogP contribution in [0.5, 0.6) is 0 Å². The van der Waals surface area contributed by atoms with Crippen LogP contribution in [0.25, 0.3) is 0 Å². The molecule has 3 fully saturated rings. The number of aliphatic imine (C=N–C) groups is 1. The van der Waals surface area contributed by atoms with Gasteiger partial charge in [0.1, 0.15) is 12.7 Å². The van der Waals surface area contributed by atoms with Crippen LogP contribution in [0.1, 0.15) is 62.5 Å². The monoisotopic (exact) mass is 532 g/mol. The van der Waals surface area contributed by atoms with Crippen LogP contribution in [0.4, 0.5) is 18.9 Å². The quantitative estimate of drug-likeness (QED) is 0.506. The van der Waals surface area contributed by atoms with E-state index < -0.39 is 30.7 Å². The van der Waals surface area contributed by atoms with Crippen LogP contribution in [0, 0.1) is 19.8 Å². The van der Waals surface area contributed by atoms with Gasteiger partial charge in [0.2, 0.25) is 5.91 Å². The van der Waals surface area contributed by atoms with Crippen molar-refractivity contribution in [2.75, 3.05) is 37.6 Å². The summed E-state index contributed by atoms with van der Waals surface area (Å²) in [7, 11) is 0. The normalized spacial score (nSPS) is 26.1. The van der Waals surface area contributed by atoms with Gasteiger partial charge in [-0.15, -0.1) is 0 Å². The van der Waals surface area contributed by atoms with E-state index in [1.165, 1.54) is 11.1 Å². The van der Waals surface area contributed by atoms with Crippen molar-refractivity contribution in [2.45, 2.75) is 77.3 Å². The highest BCUT2D eigenvalue weighted by Gasteiger charge is 2.42. The molecule has 1 aromatic rings. The summed E-state index contributed by atoms with van der Waals surface area (Å²) in [6.45, 7) is 6.33. The Morgan fingerprint density at radius 1 is 1.11 bits per heavy atom. The second-order valence-electron chi connectivity index (χ2n) is 11.0. The van der Waals surface area contributed by atoms with Gasteiger partial charge in [-0.2, -0.15) is 0 Å². The highest BCUT2D eigenvalue weighted by atomic mass is 19.3. The van der Waals surface area contributed by atoms with Gasteiger partial charge in [0.05, 0.1) is 12.1 Å². The van der Waals surface area contributed by atoms with Gasteiger partial charge in [0.15, 0.2) is 5.78 Å². The van der Waals surface area contributed by atoms with Crippen LogP contribution in [-0.4, -0.2) is 67.1 Å². The number of benzene rings is 1. The van der Waals surface area contributed by atoms with Crippen LogP contribution in [0.15, 0.2) is 34.5 Å². The fourth-order valence-corrected chi connectivity index (χ4v) is 5.84. The maximum absolute atomic E-state index is 14.3. The molecule has 2 atom stereocenters. The Kier molecular flexibility index (Phi) is 8.83. The number of allylic oxidation sites excluding steroid dienone is 2. The maximum atomic E-state index is 14.3. The van der Waals surface area contributed by atoms with Gasteiger partial charge in [-0.3, -0.25) is 14.6 Å². The molecule has 2 aliphatic carbocycles. The SMILES string of the molecule is Cc1cccc(N2CCN(C(=O)CN=C3CC(F)(F)C/C3=C(/N)C(=O)CCC3CCC[C@@H](F)C3)CC2)c1C. The number of nitrogens with two attached hydrogens (primary N) is 1. The van der Waals surface area contributed by atoms with E-state index >= 15 is 0 Å². The number of carbonyl (C=O) groups is 2. The Morgan fingerprint density at radius 3 is 2.55 bits per heavy atom. The minimum absolute atomic E-state index is 0.0460. The number of anilines is 1. The number of carbonyl (C=O) groups excluding carboxylic acids is 2. The van der Waals surface area contributed by atoms with Crippen LogP contribution in [0.2, 0.25) is 0 Å². The summed E-state index contributed by atoms with van der Waals surface area (Å²) in [5.41, 5.74) is 9.57. The van der Waals surface area contributed by atoms with Gasteiger partial charge in [-0.05, 0) is 56.2 Å². The summed E-state index contributed by atoms with van der Waals surface area (Å²) in [4.78, 5) is 33.8. The summed E-state index contributed by atoms with van der Waals surface area (Å²) in [6, 6.07) is 6.18. The molecule has 0 aromatic heterocycles. The molecule has 1 saturated heterocycles. The van der Waals surface area contributed by atoms with Crippen molar-refractivity contribution >= 4 is 23.1 Å². The number of piperazine rings is 1. The third kappa shape index (κ3) is 6.77. The predicted octanol–water partition coefficient (Wildman–Crippen LogP) is 4.91. The van der Waals surface area contributed by atoms with Gasteiger partial charge in [0, 0.05) is 56.0 Å². The molecule has 0 spiro atoms. The third-order valence-corrected chi connectivity index (χ3v) is 8.29. The molecule has 4 rings (SSSR count). The molecule has 9 heteroatoms. The average molecular weight is 533 g/mol. The standard InChI is InChI=1S/C29H39F3N4O2/c1-19-5-3-8-25(20(19)2)35-11-13-36(14-12-35)27(38)18-34-24-17-29(31,32)16-23(24)28(33)26(37)10-9-21-6-4-7-22(30)15-21/h3,5,8,21-22H,4,6-7,9-18,33H2,1-2H3/b28-23-,34-24?/t21?,22-/m1/s1. The second-order valence-corrected chi connectivity index (χ2v) is 11.0. The third-order valence-electron chi connectivity index (χ3n) is 8.29. The molecule has 2 saturated carbocycles. The number of amides is 1. The molecule has 1 aliphatic heterocycles. The first-order chi connectivity index (χ1) is 18.0. The number of Topliss-reactive ketones (excluding diaryl/α,β-unsaturated/α-hetero) is 1. The zero-order chi connectivity index (χ0) is 27.4. The molecule has 6 nitrogen and oxygen atoms in total. The number of halogens is 3. The highest BCUT2D eigenvalue weighted by Crippen LogP contribution is 2.38. The molecule has 0 bridgehead atoms. The van der Waals surface area contributed by atoms with E-state index in [0.717, 1.165) is 18.5 Å². The zero-order valence-electron chi connectivity index (χ0n) is 22.4. The number of nitrogens with zero attached hydrogens (tertiary/aromatic N) is 3. The van der Waals surface area contributed by atoms with Crippen molar-refractivity contribution in [3.8, 4) is 0 Å². The summed E-state index contributed by atoms with van der Waals surface area (Å²) in [5, 5.41) is 0. The fourth-order valence-electron chi connectivity index (χ4n) is 5.84. The second kappa shape index (κ2) is 11.9. The topological polar surface area (TPSA) is 79.0 Å². The van der Waals surface area contributed by atoms with E-state index in [-0.39, 0.29) is 41.8 Å². The molecule has 1 amide bonds. The lowest BCUT2D eigenvalue weighted by Crippen LogP contribution is -2.49. The smallest absolute Gasteiger partial charge is 0.257 e.